The standard InChI is InChI=1S/C51H72N2O9/c1-3-52-49(58)25-17-7-5-15-23-41-43(47(56)35-45(41)54)33-31-39(29-27-37-19-11-9-12-20-37)61-51(60)62-40(30-28-38-21-13-10-14-22-38)32-34-44-42(46(55)36-48(44)57)24-16-6-8-18-26-50(59)53-4-2/h5-6,9-16,19-22,31-34,39-48,54-57H,3-4,7-8,17-18,23-30,35-36H2,1-2H3,(H,52,58)(H,53,59)/b15-5-,16-6-,33-31+,34-32+/t39-,40-,41+,42+,43+,44+,45-,46-,47-,48-/m0/s1. The molecule has 62 heavy (non-hydrogen) atoms. The molecule has 2 aromatic carbocycles. The average Bonchev–Trinajstić information content (AvgIpc) is 3.69. The molecule has 0 heterocycles. The second-order valence-electron chi connectivity index (χ2n) is 16.7. The van der Waals surface area contributed by atoms with Gasteiger partial charge in [0.1, 0.15) is 12.2 Å². The third-order valence-electron chi connectivity index (χ3n) is 12.0. The highest BCUT2D eigenvalue weighted by atomic mass is 16.7. The minimum atomic E-state index is -0.839. The highest BCUT2D eigenvalue weighted by Gasteiger charge is 2.40. The molecule has 6 N–H and O–H groups in total. The maximum atomic E-state index is 13.7. The molecule has 4 rings (SSSR count). The van der Waals surface area contributed by atoms with E-state index in [1.165, 1.54) is 0 Å². The van der Waals surface area contributed by atoms with Gasteiger partial charge in [-0.3, -0.25) is 9.59 Å². The molecule has 0 aliphatic heterocycles. The Morgan fingerprint density at radius 2 is 1.02 bits per heavy atom. The third-order valence-corrected chi connectivity index (χ3v) is 12.0. The number of carbonyl (C=O) groups is 3. The Bertz CT molecular complexity index is 1590. The summed E-state index contributed by atoms with van der Waals surface area (Å²) in [6, 6.07) is 19.8. The van der Waals surface area contributed by atoms with Gasteiger partial charge in [-0.1, -0.05) is 97.1 Å². The van der Waals surface area contributed by atoms with Crippen LogP contribution in [0.25, 0.3) is 0 Å². The lowest BCUT2D eigenvalue weighted by molar-refractivity contribution is -0.121. The predicted octanol–water partition coefficient (Wildman–Crippen LogP) is 7.48. The average molecular weight is 857 g/mol. The molecule has 2 saturated carbocycles. The number of aliphatic hydroxyl groups is 4. The van der Waals surface area contributed by atoms with Gasteiger partial charge in [-0.2, -0.15) is 0 Å². The Morgan fingerprint density at radius 3 is 1.40 bits per heavy atom. The van der Waals surface area contributed by atoms with Gasteiger partial charge in [0, 0.05) is 50.6 Å². The number of nitrogens with one attached hydrogen (secondary N) is 2. The molecule has 340 valence electrons. The van der Waals surface area contributed by atoms with Crippen LogP contribution in [0.15, 0.2) is 109 Å². The van der Waals surface area contributed by atoms with Gasteiger partial charge in [-0.05, 0) is 113 Å². The zero-order valence-corrected chi connectivity index (χ0v) is 36.8. The van der Waals surface area contributed by atoms with E-state index in [1.54, 1.807) is 0 Å². The van der Waals surface area contributed by atoms with Crippen LogP contribution in [-0.4, -0.2) is 88.1 Å². The highest BCUT2D eigenvalue weighted by Crippen LogP contribution is 2.38. The zero-order chi connectivity index (χ0) is 44.5. The fourth-order valence-electron chi connectivity index (χ4n) is 8.56. The van der Waals surface area contributed by atoms with E-state index in [0.717, 1.165) is 36.8 Å². The van der Waals surface area contributed by atoms with Gasteiger partial charge >= 0.3 is 6.16 Å². The van der Waals surface area contributed by atoms with Gasteiger partial charge in [0.05, 0.1) is 24.4 Å². The summed E-state index contributed by atoms with van der Waals surface area (Å²) in [5.41, 5.74) is 2.17. The van der Waals surface area contributed by atoms with Crippen molar-refractivity contribution in [3.63, 3.8) is 0 Å². The molecule has 11 heteroatoms. The lowest BCUT2D eigenvalue weighted by atomic mass is 9.89. The summed E-state index contributed by atoms with van der Waals surface area (Å²) in [5.74, 6) is -1.08. The van der Waals surface area contributed by atoms with Crippen molar-refractivity contribution in [3.8, 4) is 0 Å². The molecule has 0 radical (unpaired) electrons. The molecule has 2 aromatic rings. The molecule has 0 saturated heterocycles. The van der Waals surface area contributed by atoms with Gasteiger partial charge in [-0.25, -0.2) is 4.79 Å². The van der Waals surface area contributed by atoms with Crippen LogP contribution in [0.2, 0.25) is 0 Å². The summed E-state index contributed by atoms with van der Waals surface area (Å²) in [5, 5.41) is 49.4. The highest BCUT2D eigenvalue weighted by molar-refractivity contribution is 5.76. The van der Waals surface area contributed by atoms with E-state index >= 15 is 0 Å². The second-order valence-corrected chi connectivity index (χ2v) is 16.7. The van der Waals surface area contributed by atoms with Crippen molar-refractivity contribution in [3.05, 3.63) is 120 Å². The molecular weight excluding hydrogens is 785 g/mol. The maximum absolute atomic E-state index is 13.7. The minimum absolute atomic E-state index is 0.0359. The molecule has 0 aromatic heterocycles. The van der Waals surface area contributed by atoms with Crippen molar-refractivity contribution in [2.75, 3.05) is 13.1 Å². The van der Waals surface area contributed by atoms with Gasteiger partial charge in [-0.15, -0.1) is 0 Å². The number of hydrogen-bond acceptors (Lipinski definition) is 9. The number of aryl methyl sites for hydroxylation is 2. The molecule has 0 bridgehead atoms. The van der Waals surface area contributed by atoms with Crippen LogP contribution < -0.4 is 10.6 Å². The molecule has 2 aliphatic carbocycles. The Kier molecular flexibility index (Phi) is 22.8. The van der Waals surface area contributed by atoms with Crippen molar-refractivity contribution >= 4 is 18.0 Å². The third kappa shape index (κ3) is 18.0. The van der Waals surface area contributed by atoms with Crippen LogP contribution in [0, 0.1) is 23.7 Å². The number of ether oxygens (including phenoxy) is 2. The quantitative estimate of drug-likeness (QED) is 0.0319. The molecule has 11 nitrogen and oxygen atoms in total. The van der Waals surface area contributed by atoms with Gasteiger partial charge in [0.15, 0.2) is 0 Å². The summed E-state index contributed by atoms with van der Waals surface area (Å²) >= 11 is 0. The number of amides is 2. The molecule has 2 fully saturated rings. The van der Waals surface area contributed by atoms with E-state index in [9.17, 15) is 34.8 Å². The number of rotatable bonds is 26. The predicted molar refractivity (Wildman–Crippen MR) is 243 cm³/mol. The number of hydrogen-bond donors (Lipinski definition) is 6. The van der Waals surface area contributed by atoms with Gasteiger partial charge in [0.2, 0.25) is 11.8 Å². The Morgan fingerprint density at radius 1 is 0.613 bits per heavy atom. The van der Waals surface area contributed by atoms with E-state index in [2.05, 4.69) is 10.6 Å². The lowest BCUT2D eigenvalue weighted by Crippen LogP contribution is -2.25. The topological polar surface area (TPSA) is 175 Å². The Labute approximate surface area is 369 Å². The van der Waals surface area contributed by atoms with E-state index in [0.29, 0.717) is 64.5 Å². The number of benzene rings is 2. The first-order valence-electron chi connectivity index (χ1n) is 22.9. The van der Waals surface area contributed by atoms with E-state index in [4.69, 9.17) is 9.47 Å². The summed E-state index contributed by atoms with van der Waals surface area (Å²) in [7, 11) is 0. The van der Waals surface area contributed by atoms with Crippen molar-refractivity contribution < 1.29 is 44.3 Å². The molecule has 0 unspecified atom stereocenters. The van der Waals surface area contributed by atoms with Crippen LogP contribution in [-0.2, 0) is 31.9 Å². The Hall–Kier alpha value is -4.55. The van der Waals surface area contributed by atoms with Crippen LogP contribution in [0.3, 0.4) is 0 Å². The van der Waals surface area contributed by atoms with E-state index in [-0.39, 0.29) is 48.3 Å². The first kappa shape index (κ1) is 50.1. The second kappa shape index (κ2) is 28.2. The summed E-state index contributed by atoms with van der Waals surface area (Å²) in [4.78, 5) is 37.3. The van der Waals surface area contributed by atoms with Gasteiger partial charge < -0.3 is 40.5 Å². The van der Waals surface area contributed by atoms with Crippen molar-refractivity contribution in [1.29, 1.82) is 0 Å². The van der Waals surface area contributed by atoms with Crippen LogP contribution in [0.5, 0.6) is 0 Å². The van der Waals surface area contributed by atoms with Crippen LogP contribution in [0.4, 0.5) is 4.79 Å². The number of carbonyl (C=O) groups excluding carboxylic acids is 3. The molecule has 2 amide bonds. The molecule has 2 aliphatic rings. The summed E-state index contributed by atoms with van der Waals surface area (Å²) in [6.07, 6.45) is 18.0. The minimum Gasteiger partial charge on any atom is -0.427 e. The van der Waals surface area contributed by atoms with E-state index < -0.39 is 42.8 Å². The summed E-state index contributed by atoms with van der Waals surface area (Å²) in [6.45, 7) is 5.01. The molecule has 10 atom stereocenters. The van der Waals surface area contributed by atoms with Crippen molar-refractivity contribution in [2.24, 2.45) is 23.7 Å². The first-order valence-corrected chi connectivity index (χ1v) is 22.9. The molecule has 0 spiro atoms. The van der Waals surface area contributed by atoms with Crippen molar-refractivity contribution in [2.45, 2.75) is 140 Å². The van der Waals surface area contributed by atoms with Crippen LogP contribution >= 0.6 is 0 Å². The van der Waals surface area contributed by atoms with Crippen molar-refractivity contribution in [1.82, 2.24) is 10.6 Å². The van der Waals surface area contributed by atoms with Gasteiger partial charge in [0.25, 0.3) is 0 Å². The first-order chi connectivity index (χ1) is 30.1. The normalized spacial score (nSPS) is 24.9. The number of allylic oxidation sites excluding steroid dienone is 4. The maximum Gasteiger partial charge on any atom is 0.509 e. The zero-order valence-electron chi connectivity index (χ0n) is 36.8. The van der Waals surface area contributed by atoms with Crippen LogP contribution in [0.1, 0.15) is 102 Å². The fraction of sp³-hybridized carbons (Fsp3) is 0.549. The largest absolute Gasteiger partial charge is 0.509 e. The summed E-state index contributed by atoms with van der Waals surface area (Å²) < 4.78 is 12.0. The Balaban J connectivity index is 1.44. The smallest absolute Gasteiger partial charge is 0.427 e. The molecular formula is C51H72N2O9. The lowest BCUT2D eigenvalue weighted by Gasteiger charge is -2.22. The van der Waals surface area contributed by atoms with E-state index in [1.807, 2.05) is 123 Å². The SMILES string of the molecule is CCNC(=O)CCC/C=C\C[C@@H]1[C@@H](/C=C/[C@H](CCc2ccccc2)OC(=O)O[C@H](/C=C/[C@@H]2[C@@H](C/C=C\CCCC(=O)NCC)[C@@H](O)C[C@@H]2O)CCc2ccccc2)[C@@H](O)C[C@@H]1O. The monoisotopic (exact) mass is 857 g/mol. The number of unbranched alkanes of at least 4 members (excludes halogenated alkanes) is 2. The number of aliphatic hydroxyl groups excluding tert-OH is 4. The fourth-order valence-corrected chi connectivity index (χ4v) is 8.56.